The van der Waals surface area contributed by atoms with Gasteiger partial charge in [-0.15, -0.1) is 12.4 Å². The predicted octanol–water partition coefficient (Wildman–Crippen LogP) is 5.31. The molecule has 4 aromatic rings. The van der Waals surface area contributed by atoms with Crippen molar-refractivity contribution in [3.8, 4) is 5.75 Å². The maximum Gasteiger partial charge on any atom is 0.235 e. The van der Waals surface area contributed by atoms with E-state index in [1.54, 1.807) is 55.9 Å². The highest BCUT2D eigenvalue weighted by Crippen LogP contribution is 2.39. The van der Waals surface area contributed by atoms with Crippen molar-refractivity contribution in [2.24, 2.45) is 0 Å². The third-order valence-corrected chi connectivity index (χ3v) is 6.93. The predicted molar refractivity (Wildman–Crippen MR) is 150 cm³/mol. The molecule has 1 amide bonds. The Morgan fingerprint density at radius 2 is 1.53 bits per heavy atom. The lowest BCUT2D eigenvalue weighted by Crippen LogP contribution is -2.50. The number of rotatable bonds is 7. The first-order chi connectivity index (χ1) is 18.1. The molecule has 1 aromatic heterocycles. The van der Waals surface area contributed by atoms with Crippen molar-refractivity contribution in [2.45, 2.75) is 18.3 Å². The fraction of sp³-hybridized carbons (Fsp3) is 0.200. The molecule has 1 N–H and O–H groups in total. The van der Waals surface area contributed by atoms with Crippen LogP contribution in [-0.4, -0.2) is 41.9 Å². The van der Waals surface area contributed by atoms with Gasteiger partial charge in [-0.05, 0) is 48.7 Å². The van der Waals surface area contributed by atoms with Crippen molar-refractivity contribution < 1.29 is 14.3 Å². The van der Waals surface area contributed by atoms with Gasteiger partial charge in [0.25, 0.3) is 0 Å². The number of hydrogen-bond acceptors (Lipinski definition) is 6. The number of nitrogens with zero attached hydrogens (tertiary/aromatic N) is 3. The SMILES string of the molecule is COc1cccc(C2(C(=O)Nc3cccc(C(=O)c4ccccc4)c3)CCN(c3ncccn3)CC2)c1.Cl. The Hall–Kier alpha value is -4.23. The van der Waals surface area contributed by atoms with Gasteiger partial charge in [0.2, 0.25) is 11.9 Å². The molecule has 1 aliphatic rings. The largest absolute Gasteiger partial charge is 0.497 e. The van der Waals surface area contributed by atoms with Gasteiger partial charge in [0.05, 0.1) is 12.5 Å². The number of benzene rings is 3. The van der Waals surface area contributed by atoms with Crippen LogP contribution in [0.5, 0.6) is 5.75 Å². The molecule has 194 valence electrons. The molecule has 0 unspecified atom stereocenters. The van der Waals surface area contributed by atoms with E-state index in [0.29, 0.717) is 54.4 Å². The van der Waals surface area contributed by atoms with E-state index in [9.17, 15) is 9.59 Å². The van der Waals surface area contributed by atoms with Crippen molar-refractivity contribution >= 4 is 35.7 Å². The first-order valence-corrected chi connectivity index (χ1v) is 12.3. The summed E-state index contributed by atoms with van der Waals surface area (Å²) in [4.78, 5) is 37.8. The van der Waals surface area contributed by atoms with Gasteiger partial charge < -0.3 is 15.0 Å². The zero-order valence-electron chi connectivity index (χ0n) is 21.0. The van der Waals surface area contributed by atoms with Crippen LogP contribution in [0.2, 0.25) is 0 Å². The number of ether oxygens (including phenoxy) is 1. The molecular formula is C30H29ClN4O3. The van der Waals surface area contributed by atoms with Crippen LogP contribution in [0.3, 0.4) is 0 Å². The normalized spacial score (nSPS) is 14.2. The Labute approximate surface area is 228 Å². The van der Waals surface area contributed by atoms with Crippen LogP contribution in [0, 0.1) is 0 Å². The molecular weight excluding hydrogens is 500 g/mol. The van der Waals surface area contributed by atoms with Crippen LogP contribution in [0.1, 0.15) is 34.3 Å². The molecule has 8 heteroatoms. The van der Waals surface area contributed by atoms with Crippen molar-refractivity contribution in [1.29, 1.82) is 0 Å². The molecule has 0 atom stereocenters. The molecule has 1 fully saturated rings. The van der Waals surface area contributed by atoms with Crippen molar-refractivity contribution in [1.82, 2.24) is 9.97 Å². The molecule has 38 heavy (non-hydrogen) atoms. The summed E-state index contributed by atoms with van der Waals surface area (Å²) in [5, 5.41) is 3.11. The second-order valence-electron chi connectivity index (χ2n) is 9.08. The lowest BCUT2D eigenvalue weighted by Gasteiger charge is -2.41. The second-order valence-corrected chi connectivity index (χ2v) is 9.08. The van der Waals surface area contributed by atoms with E-state index in [1.807, 2.05) is 48.5 Å². The standard InChI is InChI=1S/C30H28N4O3.ClH/c1-37-26-13-6-11-24(21-26)30(14-18-34(19-15-30)29-31-16-7-17-32-29)28(36)33-25-12-5-10-23(20-25)27(35)22-8-3-2-4-9-22;/h2-13,16-17,20-21H,14-15,18-19H2,1H3,(H,33,36);1H. The fourth-order valence-corrected chi connectivity index (χ4v) is 4.86. The highest BCUT2D eigenvalue weighted by atomic mass is 35.5. The van der Waals surface area contributed by atoms with E-state index in [4.69, 9.17) is 4.74 Å². The average molecular weight is 529 g/mol. The molecule has 0 spiro atoms. The summed E-state index contributed by atoms with van der Waals surface area (Å²) in [5.41, 5.74) is 1.83. The highest BCUT2D eigenvalue weighted by Gasteiger charge is 2.43. The summed E-state index contributed by atoms with van der Waals surface area (Å²) in [6.07, 6.45) is 4.60. The monoisotopic (exact) mass is 528 g/mol. The quantitative estimate of drug-likeness (QED) is 0.327. The summed E-state index contributed by atoms with van der Waals surface area (Å²) in [6.45, 7) is 1.25. The lowest BCUT2D eigenvalue weighted by molar-refractivity contribution is -0.122. The molecule has 1 saturated heterocycles. The van der Waals surface area contributed by atoms with Crippen LogP contribution in [0.25, 0.3) is 0 Å². The van der Waals surface area contributed by atoms with Gasteiger partial charge in [0.1, 0.15) is 5.75 Å². The number of anilines is 2. The molecule has 0 radical (unpaired) electrons. The van der Waals surface area contributed by atoms with E-state index >= 15 is 0 Å². The molecule has 3 aromatic carbocycles. The van der Waals surface area contributed by atoms with E-state index in [1.165, 1.54) is 0 Å². The topological polar surface area (TPSA) is 84.4 Å². The Morgan fingerprint density at radius 1 is 0.842 bits per heavy atom. The number of aromatic nitrogens is 2. The van der Waals surface area contributed by atoms with Crippen molar-refractivity contribution in [2.75, 3.05) is 30.4 Å². The van der Waals surface area contributed by atoms with Crippen LogP contribution < -0.4 is 15.0 Å². The fourth-order valence-electron chi connectivity index (χ4n) is 4.86. The van der Waals surface area contributed by atoms with Gasteiger partial charge in [0.15, 0.2) is 5.78 Å². The van der Waals surface area contributed by atoms with Crippen LogP contribution in [-0.2, 0) is 10.2 Å². The molecule has 7 nitrogen and oxygen atoms in total. The zero-order valence-corrected chi connectivity index (χ0v) is 21.9. The Kier molecular flexibility index (Phi) is 8.38. The molecule has 1 aliphatic heterocycles. The van der Waals surface area contributed by atoms with Gasteiger partial charge in [-0.25, -0.2) is 9.97 Å². The molecule has 0 saturated carbocycles. The van der Waals surface area contributed by atoms with Crippen molar-refractivity contribution in [3.05, 3.63) is 114 Å². The first-order valence-electron chi connectivity index (χ1n) is 12.3. The first kappa shape index (κ1) is 26.8. The Morgan fingerprint density at radius 3 is 2.24 bits per heavy atom. The third-order valence-electron chi connectivity index (χ3n) is 6.93. The number of amides is 1. The van der Waals surface area contributed by atoms with Crippen LogP contribution >= 0.6 is 12.4 Å². The van der Waals surface area contributed by atoms with E-state index in [0.717, 1.165) is 5.56 Å². The number of carbonyl (C=O) groups is 2. The number of halogens is 1. The second kappa shape index (κ2) is 11.9. The van der Waals surface area contributed by atoms with Gasteiger partial charge in [-0.1, -0.05) is 54.6 Å². The number of ketones is 1. The van der Waals surface area contributed by atoms with Gasteiger partial charge in [-0.2, -0.15) is 0 Å². The number of nitrogens with one attached hydrogen (secondary N) is 1. The number of methoxy groups -OCH3 is 1. The minimum Gasteiger partial charge on any atom is -0.497 e. The summed E-state index contributed by atoms with van der Waals surface area (Å²) in [6, 6.07) is 25.7. The zero-order chi connectivity index (χ0) is 25.7. The highest BCUT2D eigenvalue weighted by molar-refractivity contribution is 6.10. The van der Waals surface area contributed by atoms with Gasteiger partial charge in [-0.3, -0.25) is 9.59 Å². The van der Waals surface area contributed by atoms with E-state index in [2.05, 4.69) is 20.2 Å². The van der Waals surface area contributed by atoms with E-state index in [-0.39, 0.29) is 24.1 Å². The van der Waals surface area contributed by atoms with Crippen molar-refractivity contribution in [3.63, 3.8) is 0 Å². The Balaban J connectivity index is 0.00000336. The third kappa shape index (κ3) is 5.53. The maximum atomic E-state index is 14.0. The number of hydrogen-bond donors (Lipinski definition) is 1. The number of carbonyl (C=O) groups excluding carboxylic acids is 2. The number of piperidine rings is 1. The Bertz CT molecular complexity index is 1390. The minimum absolute atomic E-state index is 0. The smallest absolute Gasteiger partial charge is 0.235 e. The van der Waals surface area contributed by atoms with Crippen LogP contribution in [0.15, 0.2) is 97.3 Å². The molecule has 0 aliphatic carbocycles. The lowest BCUT2D eigenvalue weighted by atomic mass is 9.71. The summed E-state index contributed by atoms with van der Waals surface area (Å²) in [5.74, 6) is 1.16. The van der Waals surface area contributed by atoms with Crippen LogP contribution in [0.4, 0.5) is 11.6 Å². The molecule has 5 rings (SSSR count). The molecule has 0 bridgehead atoms. The van der Waals surface area contributed by atoms with Gasteiger partial charge in [0, 0.05) is 42.3 Å². The van der Waals surface area contributed by atoms with E-state index < -0.39 is 5.41 Å². The maximum absolute atomic E-state index is 14.0. The summed E-state index contributed by atoms with van der Waals surface area (Å²) < 4.78 is 5.46. The summed E-state index contributed by atoms with van der Waals surface area (Å²) >= 11 is 0. The average Bonchev–Trinajstić information content (AvgIpc) is 2.98. The van der Waals surface area contributed by atoms with Gasteiger partial charge >= 0.3 is 0 Å². The molecule has 2 heterocycles. The minimum atomic E-state index is -0.779. The summed E-state index contributed by atoms with van der Waals surface area (Å²) in [7, 11) is 1.62.